The molecule has 1 fully saturated rings. The molecule has 1 aromatic heterocycles. The van der Waals surface area contributed by atoms with Crippen LogP contribution in [0.5, 0.6) is 5.75 Å². The lowest BCUT2D eigenvalue weighted by molar-refractivity contribution is 0.410. The number of guanidine groups is 1. The minimum absolute atomic E-state index is 0.111. The van der Waals surface area contributed by atoms with Gasteiger partial charge >= 0.3 is 8.25 Å². The van der Waals surface area contributed by atoms with Crippen LogP contribution in [0.4, 0.5) is 17.3 Å². The average Bonchev–Trinajstić information content (AvgIpc) is 2.88. The smallest absolute Gasteiger partial charge is 0.365 e. The van der Waals surface area contributed by atoms with E-state index < -0.39 is 8.25 Å². The third-order valence-corrected chi connectivity index (χ3v) is 6.71. The van der Waals surface area contributed by atoms with Gasteiger partial charge in [0.15, 0.2) is 5.96 Å². The zero-order chi connectivity index (χ0) is 25.9. The first-order valence-electron chi connectivity index (χ1n) is 11.5. The highest BCUT2D eigenvalue weighted by Crippen LogP contribution is 2.32. The van der Waals surface area contributed by atoms with Gasteiger partial charge in [0.1, 0.15) is 5.75 Å². The summed E-state index contributed by atoms with van der Waals surface area (Å²) in [6, 6.07) is 20.8. The van der Waals surface area contributed by atoms with Crippen LogP contribution < -0.4 is 25.8 Å². The number of hydrogen-bond donors (Lipinski definition) is 3. The van der Waals surface area contributed by atoms with Gasteiger partial charge in [-0.05, 0) is 54.6 Å². The SMILES string of the molecule is NC(N)=Nc1nc(-c2ccc(N3CCN(c4ccc(O[PH](=O)O)cc4)CC3)cc2)c2cc(Cl)ccc2n1. The lowest BCUT2D eigenvalue weighted by Crippen LogP contribution is -2.46. The van der Waals surface area contributed by atoms with Crippen molar-refractivity contribution in [2.75, 3.05) is 36.0 Å². The lowest BCUT2D eigenvalue weighted by Gasteiger charge is -2.37. The summed E-state index contributed by atoms with van der Waals surface area (Å²) < 4.78 is 15.7. The Kier molecular flexibility index (Phi) is 7.14. The number of anilines is 2. The van der Waals surface area contributed by atoms with E-state index in [-0.39, 0.29) is 11.9 Å². The van der Waals surface area contributed by atoms with Crippen molar-refractivity contribution >= 4 is 54.0 Å². The van der Waals surface area contributed by atoms with Crippen LogP contribution in [0.1, 0.15) is 0 Å². The van der Waals surface area contributed by atoms with Gasteiger partial charge in [0.25, 0.3) is 5.95 Å². The third-order valence-electron chi connectivity index (χ3n) is 6.07. The maximum atomic E-state index is 10.9. The average molecular weight is 538 g/mol. The predicted octanol–water partition coefficient (Wildman–Crippen LogP) is 3.94. The zero-order valence-electron chi connectivity index (χ0n) is 19.7. The third kappa shape index (κ3) is 5.77. The van der Waals surface area contributed by atoms with Gasteiger partial charge < -0.3 is 30.7 Å². The molecule has 10 nitrogen and oxygen atoms in total. The number of hydrogen-bond acceptors (Lipinski definition) is 7. The van der Waals surface area contributed by atoms with Gasteiger partial charge in [-0.15, -0.1) is 0 Å². The van der Waals surface area contributed by atoms with Crippen molar-refractivity contribution in [3.63, 3.8) is 0 Å². The Morgan fingerprint density at radius 3 is 2.08 bits per heavy atom. The minimum atomic E-state index is -3.00. The molecule has 0 aliphatic carbocycles. The molecule has 4 aromatic rings. The highest BCUT2D eigenvalue weighted by atomic mass is 35.5. The van der Waals surface area contributed by atoms with Crippen LogP contribution in [0.2, 0.25) is 5.02 Å². The maximum Gasteiger partial charge on any atom is 0.365 e. The highest BCUT2D eigenvalue weighted by molar-refractivity contribution is 7.32. The van der Waals surface area contributed by atoms with Gasteiger partial charge in [-0.1, -0.05) is 23.7 Å². The molecule has 5 N–H and O–H groups in total. The Bertz CT molecular complexity index is 1470. The molecule has 190 valence electrons. The van der Waals surface area contributed by atoms with E-state index in [9.17, 15) is 4.57 Å². The predicted molar refractivity (Wildman–Crippen MR) is 148 cm³/mol. The standard InChI is InChI=1S/C25H25ClN7O3P/c26-17-3-10-22-21(15-17)23(30-25(29-22)31-24(27)28)16-1-4-18(5-2-16)32-11-13-33(14-12-32)19-6-8-20(9-7-19)36-37(34)35/h1-10,15,37H,11-14H2,(H,34,35)(H4,27,28,29,30,31). The summed E-state index contributed by atoms with van der Waals surface area (Å²) in [7, 11) is -3.00. The van der Waals surface area contributed by atoms with Crippen LogP contribution in [-0.4, -0.2) is 47.0 Å². The molecule has 1 saturated heterocycles. The van der Waals surface area contributed by atoms with Crippen molar-refractivity contribution in [3.8, 4) is 17.0 Å². The van der Waals surface area contributed by atoms with Crippen LogP contribution >= 0.6 is 19.9 Å². The Balaban J connectivity index is 1.32. The molecule has 0 amide bonds. The monoisotopic (exact) mass is 537 g/mol. The van der Waals surface area contributed by atoms with Crippen molar-refractivity contribution in [3.05, 3.63) is 71.8 Å². The van der Waals surface area contributed by atoms with E-state index in [0.29, 0.717) is 22.0 Å². The van der Waals surface area contributed by atoms with Gasteiger partial charge in [-0.25, -0.2) is 14.5 Å². The first kappa shape index (κ1) is 24.8. The van der Waals surface area contributed by atoms with Gasteiger partial charge in [0, 0.05) is 53.5 Å². The van der Waals surface area contributed by atoms with Gasteiger partial charge in [-0.2, -0.15) is 4.99 Å². The Hall–Kier alpha value is -3.85. The lowest BCUT2D eigenvalue weighted by atomic mass is 10.1. The fourth-order valence-corrected chi connectivity index (χ4v) is 4.86. The Morgan fingerprint density at radius 2 is 1.51 bits per heavy atom. The molecule has 0 bridgehead atoms. The van der Waals surface area contributed by atoms with Gasteiger partial charge in [0.05, 0.1) is 11.2 Å². The van der Waals surface area contributed by atoms with Crippen molar-refractivity contribution in [1.29, 1.82) is 0 Å². The van der Waals surface area contributed by atoms with E-state index in [1.54, 1.807) is 18.2 Å². The number of aliphatic imine (C=N–C) groups is 1. The van der Waals surface area contributed by atoms with E-state index in [1.807, 2.05) is 36.4 Å². The number of nitrogens with zero attached hydrogens (tertiary/aromatic N) is 5. The molecule has 0 radical (unpaired) electrons. The summed E-state index contributed by atoms with van der Waals surface area (Å²) in [5.74, 6) is 0.467. The molecule has 12 heteroatoms. The second kappa shape index (κ2) is 10.6. The van der Waals surface area contributed by atoms with Gasteiger partial charge in [0.2, 0.25) is 0 Å². The number of rotatable bonds is 6. The molecule has 1 aliphatic rings. The van der Waals surface area contributed by atoms with Crippen LogP contribution in [0.25, 0.3) is 22.2 Å². The highest BCUT2D eigenvalue weighted by Gasteiger charge is 2.18. The van der Waals surface area contributed by atoms with Crippen molar-refractivity contribution < 1.29 is 14.0 Å². The molecule has 2 heterocycles. The number of piperazine rings is 1. The second-order valence-corrected chi connectivity index (χ2v) is 9.63. The van der Waals surface area contributed by atoms with Crippen molar-refractivity contribution in [1.82, 2.24) is 9.97 Å². The molecule has 5 rings (SSSR count). The number of aromatic nitrogens is 2. The summed E-state index contributed by atoms with van der Waals surface area (Å²) in [5, 5.41) is 1.40. The summed E-state index contributed by atoms with van der Waals surface area (Å²) in [5.41, 5.74) is 15.5. The van der Waals surface area contributed by atoms with Crippen LogP contribution in [0.15, 0.2) is 71.7 Å². The quantitative estimate of drug-likeness (QED) is 0.189. The van der Waals surface area contributed by atoms with E-state index in [0.717, 1.165) is 48.5 Å². The molecular formula is C25H25ClN7O3P. The topological polar surface area (TPSA) is 143 Å². The second-order valence-electron chi connectivity index (χ2n) is 8.45. The number of nitrogens with two attached hydrogens (primary N) is 2. The van der Waals surface area contributed by atoms with E-state index in [2.05, 4.69) is 36.9 Å². The Morgan fingerprint density at radius 1 is 0.919 bits per heavy atom. The maximum absolute atomic E-state index is 10.9. The summed E-state index contributed by atoms with van der Waals surface area (Å²) in [6.45, 7) is 3.39. The minimum Gasteiger partial charge on any atom is -0.426 e. The first-order valence-corrected chi connectivity index (χ1v) is 13.2. The van der Waals surface area contributed by atoms with Crippen LogP contribution in [0, 0.1) is 0 Å². The molecule has 1 aliphatic heterocycles. The molecule has 0 spiro atoms. The molecule has 1 unspecified atom stereocenters. The van der Waals surface area contributed by atoms with Crippen LogP contribution in [-0.2, 0) is 4.57 Å². The Labute approximate surface area is 219 Å². The first-order chi connectivity index (χ1) is 17.9. The number of fused-ring (bicyclic) bond motifs is 1. The molecule has 0 saturated carbocycles. The molecule has 1 atom stereocenters. The summed E-state index contributed by atoms with van der Waals surface area (Å²) in [6.07, 6.45) is 0. The summed E-state index contributed by atoms with van der Waals surface area (Å²) in [4.78, 5) is 26.6. The molecular weight excluding hydrogens is 513 g/mol. The van der Waals surface area contributed by atoms with E-state index >= 15 is 0 Å². The van der Waals surface area contributed by atoms with Crippen molar-refractivity contribution in [2.45, 2.75) is 0 Å². The largest absolute Gasteiger partial charge is 0.426 e. The fraction of sp³-hybridized carbons (Fsp3) is 0.160. The molecule has 3 aromatic carbocycles. The zero-order valence-corrected chi connectivity index (χ0v) is 21.5. The van der Waals surface area contributed by atoms with E-state index in [1.165, 1.54) is 0 Å². The summed E-state index contributed by atoms with van der Waals surface area (Å²) >= 11 is 6.25. The molecule has 37 heavy (non-hydrogen) atoms. The van der Waals surface area contributed by atoms with Gasteiger partial charge in [-0.3, -0.25) is 0 Å². The number of halogens is 1. The van der Waals surface area contributed by atoms with Crippen molar-refractivity contribution in [2.24, 2.45) is 16.5 Å². The number of benzene rings is 3. The normalized spacial score (nSPS) is 14.4. The van der Waals surface area contributed by atoms with Crippen LogP contribution in [0.3, 0.4) is 0 Å². The van der Waals surface area contributed by atoms with E-state index in [4.69, 9.17) is 32.5 Å². The fourth-order valence-electron chi connectivity index (χ4n) is 4.35.